The monoisotopic (exact) mass is 216 g/mol. The van der Waals surface area contributed by atoms with Crippen LogP contribution in [0.2, 0.25) is 0 Å². The molecule has 0 aliphatic heterocycles. The molecule has 1 nitrogen and oxygen atoms in total. The summed E-state index contributed by atoms with van der Waals surface area (Å²) < 4.78 is 40.5. The van der Waals surface area contributed by atoms with E-state index in [0.717, 1.165) is 5.56 Å². The first-order valence-electron chi connectivity index (χ1n) is 4.34. The first-order valence-corrected chi connectivity index (χ1v) is 4.34. The summed E-state index contributed by atoms with van der Waals surface area (Å²) >= 11 is 0. The van der Waals surface area contributed by atoms with Crippen molar-refractivity contribution >= 4 is 0 Å². The summed E-state index contributed by atoms with van der Waals surface area (Å²) in [7, 11) is 0. The van der Waals surface area contributed by atoms with Gasteiger partial charge in [0.2, 0.25) is 0 Å². The van der Waals surface area contributed by atoms with E-state index >= 15 is 0 Å². The Bertz CT molecular complexity index is 338. The van der Waals surface area contributed by atoms with Crippen LogP contribution in [0.25, 0.3) is 0 Å². The number of allylic oxidation sites excluding steroid dienone is 1. The van der Waals surface area contributed by atoms with E-state index in [-0.39, 0.29) is 6.61 Å². The summed E-state index contributed by atoms with van der Waals surface area (Å²) in [6, 6.07) is 7.07. The average Bonchev–Trinajstić information content (AvgIpc) is 2.15. The van der Waals surface area contributed by atoms with Gasteiger partial charge in [0.15, 0.2) is 5.76 Å². The van der Waals surface area contributed by atoms with Crippen LogP contribution in [0, 0.1) is 6.92 Å². The van der Waals surface area contributed by atoms with Gasteiger partial charge in [0.05, 0.1) is 0 Å². The largest absolute Gasteiger partial charge is 0.485 e. The van der Waals surface area contributed by atoms with Crippen LogP contribution in [0.3, 0.4) is 0 Å². The maximum Gasteiger partial charge on any atom is 0.448 e. The molecule has 0 saturated carbocycles. The van der Waals surface area contributed by atoms with Gasteiger partial charge in [-0.15, -0.1) is 0 Å². The summed E-state index contributed by atoms with van der Waals surface area (Å²) in [6.45, 7) is 4.60. The smallest absolute Gasteiger partial charge is 0.448 e. The van der Waals surface area contributed by atoms with E-state index in [1.54, 1.807) is 12.1 Å². The fourth-order valence-electron chi connectivity index (χ4n) is 0.937. The van der Waals surface area contributed by atoms with Gasteiger partial charge in [-0.1, -0.05) is 36.4 Å². The first kappa shape index (κ1) is 11.6. The number of hydrogen-bond acceptors (Lipinski definition) is 1. The molecule has 1 aromatic carbocycles. The molecule has 0 radical (unpaired) electrons. The van der Waals surface area contributed by atoms with Crippen molar-refractivity contribution in [1.82, 2.24) is 0 Å². The van der Waals surface area contributed by atoms with Crippen molar-refractivity contribution in [3.63, 3.8) is 0 Å². The van der Waals surface area contributed by atoms with E-state index in [0.29, 0.717) is 5.56 Å². The molecule has 0 aliphatic carbocycles. The lowest BCUT2D eigenvalue weighted by atomic mass is 10.2. The van der Waals surface area contributed by atoms with Crippen molar-refractivity contribution in [3.05, 3.63) is 47.7 Å². The Labute approximate surface area is 86.2 Å². The number of hydrogen-bond donors (Lipinski definition) is 0. The lowest BCUT2D eigenvalue weighted by Crippen LogP contribution is -2.13. The number of alkyl halides is 3. The maximum atomic E-state index is 12.0. The van der Waals surface area contributed by atoms with Gasteiger partial charge in [-0.3, -0.25) is 0 Å². The predicted molar refractivity (Wildman–Crippen MR) is 51.2 cm³/mol. The van der Waals surface area contributed by atoms with Crippen LogP contribution in [0.1, 0.15) is 11.1 Å². The zero-order valence-corrected chi connectivity index (χ0v) is 8.27. The topological polar surface area (TPSA) is 9.23 Å². The van der Waals surface area contributed by atoms with Gasteiger partial charge in [-0.2, -0.15) is 13.2 Å². The van der Waals surface area contributed by atoms with Crippen molar-refractivity contribution in [2.75, 3.05) is 0 Å². The van der Waals surface area contributed by atoms with Crippen LogP contribution >= 0.6 is 0 Å². The van der Waals surface area contributed by atoms with E-state index < -0.39 is 11.9 Å². The van der Waals surface area contributed by atoms with Crippen molar-refractivity contribution in [2.45, 2.75) is 19.7 Å². The molecule has 0 atom stereocenters. The molecule has 0 heterocycles. The molecule has 15 heavy (non-hydrogen) atoms. The predicted octanol–water partition coefficient (Wildman–Crippen LogP) is 3.59. The Balaban J connectivity index is 2.51. The van der Waals surface area contributed by atoms with Gasteiger partial charge in [0.1, 0.15) is 6.61 Å². The van der Waals surface area contributed by atoms with Gasteiger partial charge < -0.3 is 4.74 Å². The number of benzene rings is 1. The second-order valence-corrected chi connectivity index (χ2v) is 3.20. The van der Waals surface area contributed by atoms with Gasteiger partial charge in [0.25, 0.3) is 0 Å². The van der Waals surface area contributed by atoms with Crippen molar-refractivity contribution in [2.24, 2.45) is 0 Å². The Morgan fingerprint density at radius 3 is 2.27 bits per heavy atom. The van der Waals surface area contributed by atoms with Crippen LogP contribution in [0.5, 0.6) is 0 Å². The third kappa shape index (κ3) is 3.65. The fourth-order valence-corrected chi connectivity index (χ4v) is 0.937. The van der Waals surface area contributed by atoms with Crippen molar-refractivity contribution in [3.8, 4) is 0 Å². The van der Waals surface area contributed by atoms with Crippen LogP contribution in [-0.4, -0.2) is 6.18 Å². The van der Waals surface area contributed by atoms with Crippen LogP contribution in [-0.2, 0) is 11.3 Å². The highest BCUT2D eigenvalue weighted by molar-refractivity contribution is 5.20. The van der Waals surface area contributed by atoms with Gasteiger partial charge >= 0.3 is 6.18 Å². The molecule has 0 N–H and O–H groups in total. The normalized spacial score (nSPS) is 11.2. The maximum absolute atomic E-state index is 12.0. The summed E-state index contributed by atoms with van der Waals surface area (Å²) in [5, 5.41) is 0. The molecule has 4 heteroatoms. The zero-order chi connectivity index (χ0) is 11.5. The minimum Gasteiger partial charge on any atom is -0.485 e. The lowest BCUT2D eigenvalue weighted by Gasteiger charge is -2.11. The molecular weight excluding hydrogens is 205 g/mol. The van der Waals surface area contributed by atoms with E-state index in [2.05, 4.69) is 11.3 Å². The minimum absolute atomic E-state index is 0.112. The van der Waals surface area contributed by atoms with Crippen LogP contribution < -0.4 is 0 Å². The molecule has 0 spiro atoms. The van der Waals surface area contributed by atoms with Crippen LogP contribution in [0.4, 0.5) is 13.2 Å². The van der Waals surface area contributed by atoms with Crippen LogP contribution in [0.15, 0.2) is 36.6 Å². The third-order valence-corrected chi connectivity index (χ3v) is 1.85. The van der Waals surface area contributed by atoms with Gasteiger partial charge in [-0.25, -0.2) is 0 Å². The summed E-state index contributed by atoms with van der Waals surface area (Å²) in [5.74, 6) is -1.16. The van der Waals surface area contributed by atoms with Crippen molar-refractivity contribution < 1.29 is 17.9 Å². The molecule has 0 aromatic heterocycles. The highest BCUT2D eigenvalue weighted by Crippen LogP contribution is 2.25. The van der Waals surface area contributed by atoms with Gasteiger partial charge in [0, 0.05) is 0 Å². The Morgan fingerprint density at radius 2 is 1.80 bits per heavy atom. The van der Waals surface area contributed by atoms with Crippen molar-refractivity contribution in [1.29, 1.82) is 0 Å². The highest BCUT2D eigenvalue weighted by atomic mass is 19.4. The quantitative estimate of drug-likeness (QED) is 0.701. The molecule has 1 rings (SSSR count). The number of ether oxygens (including phenoxy) is 1. The average molecular weight is 216 g/mol. The van der Waals surface area contributed by atoms with E-state index in [1.165, 1.54) is 0 Å². The Hall–Kier alpha value is -1.45. The molecule has 82 valence electrons. The molecule has 0 fully saturated rings. The molecule has 0 amide bonds. The Morgan fingerprint density at radius 1 is 1.27 bits per heavy atom. The molecule has 0 unspecified atom stereocenters. The van der Waals surface area contributed by atoms with E-state index in [9.17, 15) is 13.2 Å². The summed E-state index contributed by atoms with van der Waals surface area (Å²) in [4.78, 5) is 0. The highest BCUT2D eigenvalue weighted by Gasteiger charge is 2.33. The minimum atomic E-state index is -4.48. The van der Waals surface area contributed by atoms with E-state index in [4.69, 9.17) is 0 Å². The van der Waals surface area contributed by atoms with E-state index in [1.807, 2.05) is 19.1 Å². The first-order chi connectivity index (χ1) is 6.89. The fraction of sp³-hybridized carbons (Fsp3) is 0.273. The standard InChI is InChI=1S/C11H11F3O/c1-8-3-5-10(6-4-8)7-15-9(2)11(12,13)14/h3-6H,2,7H2,1H3. The molecule has 0 bridgehead atoms. The molecule has 0 aliphatic rings. The number of rotatable bonds is 3. The third-order valence-electron chi connectivity index (χ3n) is 1.85. The summed E-state index contributed by atoms with van der Waals surface area (Å²) in [5.41, 5.74) is 1.74. The Kier molecular flexibility index (Phi) is 3.39. The molecule has 1 aromatic rings. The second kappa shape index (κ2) is 4.38. The SMILES string of the molecule is C=C(OCc1ccc(C)cc1)C(F)(F)F. The number of halogens is 3. The zero-order valence-electron chi connectivity index (χ0n) is 8.27. The molecular formula is C11H11F3O. The molecule has 0 saturated heterocycles. The lowest BCUT2D eigenvalue weighted by molar-refractivity contribution is -0.132. The summed E-state index contributed by atoms with van der Waals surface area (Å²) in [6.07, 6.45) is -4.48. The number of aryl methyl sites for hydroxylation is 1. The second-order valence-electron chi connectivity index (χ2n) is 3.20. The van der Waals surface area contributed by atoms with Gasteiger partial charge in [-0.05, 0) is 12.5 Å².